The molecule has 88 valence electrons. The SMILES string of the molecule is C#CC(C)NC(=O)N(CCC(=O)O)C1CC1. The average Bonchev–Trinajstić information content (AvgIpc) is 3.01. The number of hydrogen-bond donors (Lipinski definition) is 2. The van der Waals surface area contributed by atoms with Gasteiger partial charge in [0.25, 0.3) is 0 Å². The van der Waals surface area contributed by atoms with E-state index in [1.807, 2.05) is 0 Å². The molecule has 1 fully saturated rings. The lowest BCUT2D eigenvalue weighted by Gasteiger charge is -2.23. The van der Waals surface area contributed by atoms with Crippen molar-refractivity contribution in [1.29, 1.82) is 0 Å². The van der Waals surface area contributed by atoms with Crippen LogP contribution in [-0.2, 0) is 4.79 Å². The van der Waals surface area contributed by atoms with Crippen LogP contribution in [0, 0.1) is 12.3 Å². The lowest BCUT2D eigenvalue weighted by atomic mass is 10.3. The van der Waals surface area contributed by atoms with Crippen LogP contribution in [0.25, 0.3) is 0 Å². The number of carboxylic acid groups (broad SMARTS) is 1. The summed E-state index contributed by atoms with van der Waals surface area (Å²) in [5.41, 5.74) is 0. The summed E-state index contributed by atoms with van der Waals surface area (Å²) in [6.07, 6.45) is 7.01. The normalized spacial score (nSPS) is 16.0. The molecule has 1 unspecified atom stereocenters. The molecule has 0 saturated heterocycles. The Morgan fingerprint density at radius 3 is 2.69 bits per heavy atom. The standard InChI is InChI=1S/C11H16N2O3/c1-3-8(2)12-11(16)13(9-4-5-9)7-6-10(14)15/h1,8-9H,4-7H2,2H3,(H,12,16)(H,14,15). The van der Waals surface area contributed by atoms with E-state index in [-0.39, 0.29) is 31.1 Å². The monoisotopic (exact) mass is 224 g/mol. The molecule has 2 amide bonds. The van der Waals surface area contributed by atoms with Gasteiger partial charge in [-0.05, 0) is 19.8 Å². The lowest BCUT2D eigenvalue weighted by Crippen LogP contribution is -2.45. The van der Waals surface area contributed by atoms with Gasteiger partial charge in [-0.3, -0.25) is 4.79 Å². The van der Waals surface area contributed by atoms with Crippen molar-refractivity contribution in [1.82, 2.24) is 10.2 Å². The van der Waals surface area contributed by atoms with Crippen LogP contribution in [0.5, 0.6) is 0 Å². The number of rotatable bonds is 5. The molecule has 1 rings (SSSR count). The van der Waals surface area contributed by atoms with Crippen molar-refractivity contribution in [2.45, 2.75) is 38.3 Å². The highest BCUT2D eigenvalue weighted by molar-refractivity contribution is 5.76. The Morgan fingerprint density at radius 1 is 1.62 bits per heavy atom. The van der Waals surface area contributed by atoms with Gasteiger partial charge in [-0.25, -0.2) is 4.79 Å². The number of nitrogens with one attached hydrogen (secondary N) is 1. The summed E-state index contributed by atoms with van der Waals surface area (Å²) in [7, 11) is 0. The minimum absolute atomic E-state index is 0.0334. The Balaban J connectivity index is 2.46. The summed E-state index contributed by atoms with van der Waals surface area (Å²) in [4.78, 5) is 23.7. The van der Waals surface area contributed by atoms with Crippen LogP contribution in [0.3, 0.4) is 0 Å². The molecule has 0 bridgehead atoms. The van der Waals surface area contributed by atoms with Crippen LogP contribution in [-0.4, -0.2) is 40.6 Å². The van der Waals surface area contributed by atoms with E-state index in [4.69, 9.17) is 11.5 Å². The Bertz CT molecular complexity index is 318. The van der Waals surface area contributed by atoms with Gasteiger partial charge in [0.1, 0.15) is 0 Å². The molecule has 0 aromatic heterocycles. The van der Waals surface area contributed by atoms with Crippen LogP contribution < -0.4 is 5.32 Å². The summed E-state index contributed by atoms with van der Waals surface area (Å²) in [6, 6.07) is -0.419. The number of carboxylic acids is 1. The van der Waals surface area contributed by atoms with Gasteiger partial charge in [0.2, 0.25) is 0 Å². The maximum absolute atomic E-state index is 11.7. The fraction of sp³-hybridized carbons (Fsp3) is 0.636. The predicted octanol–water partition coefficient (Wildman–Crippen LogP) is 0.657. The molecule has 2 N–H and O–H groups in total. The van der Waals surface area contributed by atoms with E-state index in [9.17, 15) is 9.59 Å². The number of hydrogen-bond acceptors (Lipinski definition) is 2. The molecule has 0 radical (unpaired) electrons. The maximum Gasteiger partial charge on any atom is 0.318 e. The number of amides is 2. The average molecular weight is 224 g/mol. The third kappa shape index (κ3) is 3.81. The smallest absolute Gasteiger partial charge is 0.318 e. The minimum Gasteiger partial charge on any atom is -0.481 e. The van der Waals surface area contributed by atoms with E-state index in [1.54, 1.807) is 11.8 Å². The fourth-order valence-electron chi connectivity index (χ4n) is 1.36. The van der Waals surface area contributed by atoms with Crippen LogP contribution in [0.1, 0.15) is 26.2 Å². The summed E-state index contributed by atoms with van der Waals surface area (Å²) in [6.45, 7) is 1.95. The number of aliphatic carboxylic acids is 1. The van der Waals surface area contributed by atoms with E-state index in [1.165, 1.54) is 0 Å². The lowest BCUT2D eigenvalue weighted by molar-refractivity contribution is -0.137. The molecule has 0 heterocycles. The quantitative estimate of drug-likeness (QED) is 0.674. The molecule has 5 nitrogen and oxygen atoms in total. The summed E-state index contributed by atoms with van der Waals surface area (Å²) in [5, 5.41) is 11.2. The van der Waals surface area contributed by atoms with Gasteiger partial charge in [0.15, 0.2) is 0 Å². The first-order valence-corrected chi connectivity index (χ1v) is 5.29. The van der Waals surface area contributed by atoms with Gasteiger partial charge in [-0.15, -0.1) is 6.42 Å². The van der Waals surface area contributed by atoms with E-state index in [2.05, 4.69) is 11.2 Å². The van der Waals surface area contributed by atoms with Crippen molar-refractivity contribution in [3.63, 3.8) is 0 Å². The highest BCUT2D eigenvalue weighted by Gasteiger charge is 2.32. The van der Waals surface area contributed by atoms with E-state index in [0.717, 1.165) is 12.8 Å². The third-order valence-corrected chi connectivity index (χ3v) is 2.41. The first-order valence-electron chi connectivity index (χ1n) is 5.29. The van der Waals surface area contributed by atoms with Crippen molar-refractivity contribution in [3.05, 3.63) is 0 Å². The van der Waals surface area contributed by atoms with Crippen molar-refractivity contribution in [2.75, 3.05) is 6.54 Å². The zero-order valence-corrected chi connectivity index (χ0v) is 9.27. The summed E-state index contributed by atoms with van der Waals surface area (Å²) in [5.74, 6) is 1.50. The third-order valence-electron chi connectivity index (χ3n) is 2.41. The summed E-state index contributed by atoms with van der Waals surface area (Å²) < 4.78 is 0. The number of carbonyl (C=O) groups is 2. The molecular weight excluding hydrogens is 208 g/mol. The molecule has 16 heavy (non-hydrogen) atoms. The second kappa shape index (κ2) is 5.40. The zero-order valence-electron chi connectivity index (χ0n) is 9.27. The van der Waals surface area contributed by atoms with Crippen LogP contribution in [0.4, 0.5) is 4.79 Å². The van der Waals surface area contributed by atoms with Crippen molar-refractivity contribution in [3.8, 4) is 12.3 Å². The van der Waals surface area contributed by atoms with Gasteiger partial charge in [0, 0.05) is 12.6 Å². The zero-order chi connectivity index (χ0) is 12.1. The molecule has 1 aliphatic rings. The Hall–Kier alpha value is -1.70. The van der Waals surface area contributed by atoms with Crippen LogP contribution >= 0.6 is 0 Å². The molecule has 0 aromatic carbocycles. The van der Waals surface area contributed by atoms with Crippen molar-refractivity contribution < 1.29 is 14.7 Å². The predicted molar refractivity (Wildman–Crippen MR) is 58.8 cm³/mol. The largest absolute Gasteiger partial charge is 0.481 e. The first-order chi connectivity index (χ1) is 7.54. The Kier molecular flexibility index (Phi) is 4.18. The molecule has 1 saturated carbocycles. The van der Waals surface area contributed by atoms with Gasteiger partial charge in [-0.2, -0.15) is 0 Å². The summed E-state index contributed by atoms with van der Waals surface area (Å²) >= 11 is 0. The number of nitrogens with zero attached hydrogens (tertiary/aromatic N) is 1. The number of carbonyl (C=O) groups excluding carboxylic acids is 1. The van der Waals surface area contributed by atoms with Crippen LogP contribution in [0.15, 0.2) is 0 Å². The second-order valence-electron chi connectivity index (χ2n) is 3.91. The van der Waals surface area contributed by atoms with E-state index < -0.39 is 5.97 Å². The molecule has 5 heteroatoms. The van der Waals surface area contributed by atoms with Crippen molar-refractivity contribution >= 4 is 12.0 Å². The second-order valence-corrected chi connectivity index (χ2v) is 3.91. The molecule has 0 aromatic rings. The first kappa shape index (κ1) is 12.4. The minimum atomic E-state index is -0.900. The van der Waals surface area contributed by atoms with Gasteiger partial charge < -0.3 is 15.3 Å². The van der Waals surface area contributed by atoms with E-state index >= 15 is 0 Å². The van der Waals surface area contributed by atoms with Crippen LogP contribution in [0.2, 0.25) is 0 Å². The highest BCUT2D eigenvalue weighted by Crippen LogP contribution is 2.26. The highest BCUT2D eigenvalue weighted by atomic mass is 16.4. The van der Waals surface area contributed by atoms with Crippen molar-refractivity contribution in [2.24, 2.45) is 0 Å². The Morgan fingerprint density at radius 2 is 2.25 bits per heavy atom. The molecule has 0 aliphatic heterocycles. The number of urea groups is 1. The maximum atomic E-state index is 11.7. The fourth-order valence-corrected chi connectivity index (χ4v) is 1.36. The van der Waals surface area contributed by atoms with Gasteiger partial charge >= 0.3 is 12.0 Å². The topological polar surface area (TPSA) is 69.6 Å². The molecular formula is C11H16N2O3. The molecule has 1 aliphatic carbocycles. The van der Waals surface area contributed by atoms with E-state index in [0.29, 0.717) is 0 Å². The Labute approximate surface area is 94.8 Å². The molecule has 1 atom stereocenters. The number of terminal acetylenes is 1. The van der Waals surface area contributed by atoms with Gasteiger partial charge in [-0.1, -0.05) is 5.92 Å². The molecule has 0 spiro atoms. The van der Waals surface area contributed by atoms with Gasteiger partial charge in [0.05, 0.1) is 12.5 Å².